The van der Waals surface area contributed by atoms with Crippen molar-refractivity contribution < 1.29 is 20.0 Å². The second kappa shape index (κ2) is 20.5. The summed E-state index contributed by atoms with van der Waals surface area (Å²) in [4.78, 5) is 0. The zero-order chi connectivity index (χ0) is 63.0. The number of hydrogen-bond donors (Lipinski definition) is 0. The molecule has 2 heterocycles. The standard InChI is InChI=1S/2C43H48Si.Hf/c2*1-28-26-38-34(30-18-22-32(23-19-30)42(3,4)5)14-10-12-16-36(38)40(28)44(9)41-29(2)27-39-35(15-11-13-17-37(39)41)31-20-24-33(25-21-31)43(6,7)8;/h2*10-27,34-35,44H,1-9H3;. The van der Waals surface area contributed by atoms with Crippen molar-refractivity contribution in [3.8, 4) is 0 Å². The molecule has 0 saturated carbocycles. The van der Waals surface area contributed by atoms with E-state index in [0.29, 0.717) is 0 Å². The molecule has 5 spiro atoms. The van der Waals surface area contributed by atoms with Crippen LogP contribution >= 0.6 is 0 Å². The van der Waals surface area contributed by atoms with E-state index in [9.17, 15) is 0 Å². The Hall–Kier alpha value is -5.98. The molecule has 0 radical (unpaired) electrons. The van der Waals surface area contributed by atoms with Gasteiger partial charge in [-0.1, -0.05) is 0 Å². The number of allylic oxidation sites excluding steroid dienone is 32. The summed E-state index contributed by atoms with van der Waals surface area (Å²) in [5.41, 5.74) is 31.2. The second-order valence-corrected chi connectivity index (χ2v) is 64.0. The molecule has 0 N–H and O–H groups in total. The Morgan fingerprint density at radius 3 is 0.663 bits per heavy atom. The molecular weight excluding hydrogens is 1270 g/mol. The molecule has 8 aliphatic carbocycles. The van der Waals surface area contributed by atoms with Crippen LogP contribution in [0, 0.1) is 0 Å². The van der Waals surface area contributed by atoms with Crippen molar-refractivity contribution >= 4 is 17.6 Å². The zero-order valence-corrected chi connectivity index (χ0v) is 62.7. The van der Waals surface area contributed by atoms with E-state index in [1.165, 1.54) is 44.5 Å². The maximum atomic E-state index is 2.94. The molecule has 2 saturated heterocycles. The van der Waals surface area contributed by atoms with Crippen LogP contribution in [-0.4, -0.2) is 17.6 Å². The number of hydrogen-bond acceptors (Lipinski definition) is 0. The van der Waals surface area contributed by atoms with Gasteiger partial charge >= 0.3 is 548 Å². The predicted molar refractivity (Wildman–Crippen MR) is 385 cm³/mol. The summed E-state index contributed by atoms with van der Waals surface area (Å²) < 4.78 is -0.306. The molecule has 14 rings (SSSR count). The van der Waals surface area contributed by atoms with Crippen molar-refractivity contribution in [2.75, 3.05) is 0 Å². The molecule has 452 valence electrons. The molecular formula is C86H96HfSi2. The van der Waals surface area contributed by atoms with Gasteiger partial charge in [-0.3, -0.25) is 0 Å². The van der Waals surface area contributed by atoms with Crippen LogP contribution in [0.15, 0.2) is 285 Å². The monoisotopic (exact) mass is 1360 g/mol. The Morgan fingerprint density at radius 1 is 0.292 bits per heavy atom. The van der Waals surface area contributed by atoms with Crippen LogP contribution in [0.4, 0.5) is 0 Å². The van der Waals surface area contributed by atoms with Gasteiger partial charge in [0.05, 0.1) is 0 Å². The summed E-state index contributed by atoms with van der Waals surface area (Å²) in [5.74, 6) is 0.557. The van der Waals surface area contributed by atoms with Gasteiger partial charge < -0.3 is 0 Å². The van der Waals surface area contributed by atoms with Crippen molar-refractivity contribution in [3.63, 3.8) is 0 Å². The van der Waals surface area contributed by atoms with E-state index in [1.54, 1.807) is 66.9 Å². The molecule has 2 aliphatic heterocycles. The molecule has 4 aromatic rings. The molecule has 0 amide bonds. The van der Waals surface area contributed by atoms with Gasteiger partial charge in [0.2, 0.25) is 0 Å². The van der Waals surface area contributed by atoms with Crippen LogP contribution in [0.25, 0.3) is 0 Å². The normalized spacial score (nSPS) is 32.3. The molecule has 0 bridgehead atoms. The van der Waals surface area contributed by atoms with E-state index in [-0.39, 0.29) is 56.5 Å². The quantitative estimate of drug-likeness (QED) is 0.179. The van der Waals surface area contributed by atoms with Crippen molar-refractivity contribution in [1.29, 1.82) is 0 Å². The van der Waals surface area contributed by atoms with Gasteiger partial charge in [-0.25, -0.2) is 0 Å². The van der Waals surface area contributed by atoms with Crippen LogP contribution in [-0.2, 0) is 41.6 Å². The third-order valence-corrected chi connectivity index (χ3v) is 92.1. The van der Waals surface area contributed by atoms with Gasteiger partial charge in [-0.15, -0.1) is 0 Å². The Balaban J connectivity index is 1.12. The maximum absolute atomic E-state index is 5.20. The van der Waals surface area contributed by atoms with Gasteiger partial charge in [-0.2, -0.15) is 0 Å². The Morgan fingerprint density at radius 2 is 0.483 bits per heavy atom. The Labute approximate surface area is 543 Å². The van der Waals surface area contributed by atoms with Crippen molar-refractivity contribution in [3.05, 3.63) is 330 Å². The van der Waals surface area contributed by atoms with Crippen LogP contribution < -0.4 is 0 Å². The molecule has 0 aromatic heterocycles. The Bertz CT molecular complexity index is 3670. The minimum absolute atomic E-state index is 0.0684. The molecule has 0 nitrogen and oxygen atoms in total. The summed E-state index contributed by atoms with van der Waals surface area (Å²) in [6.45, 7) is 44.9. The topological polar surface area (TPSA) is 0 Å². The first kappa shape index (κ1) is 60.6. The van der Waals surface area contributed by atoms with E-state index in [4.69, 9.17) is 0 Å². The fourth-order valence-electron chi connectivity index (χ4n) is 21.0. The molecule has 8 unspecified atom stereocenters. The van der Waals surface area contributed by atoms with E-state index in [1.807, 2.05) is 0 Å². The van der Waals surface area contributed by atoms with Crippen LogP contribution in [0.5, 0.6) is 0 Å². The van der Waals surface area contributed by atoms with Gasteiger partial charge in [0.15, 0.2) is 0 Å². The summed E-state index contributed by atoms with van der Waals surface area (Å²) in [5, 5.41) is 0. The summed E-state index contributed by atoms with van der Waals surface area (Å²) in [6, 6.07) is 39.4. The van der Waals surface area contributed by atoms with E-state index in [0.717, 1.165) is 0 Å². The minimum atomic E-state index is -5.20. The van der Waals surface area contributed by atoms with Gasteiger partial charge in [-0.05, 0) is 0 Å². The van der Waals surface area contributed by atoms with Gasteiger partial charge in [0.25, 0.3) is 0 Å². The summed E-state index contributed by atoms with van der Waals surface area (Å²) in [6.07, 6.45) is 52.3. The number of fused-ring (bicyclic) bond motifs is 8. The SMILES string of the molecule is CC1=CC2=C(C=CC=CC2c2ccc(C(C)(C)C)cc2)[C]12[SiH](C)[C]1(C(C)=CC3=C1C=CC=CC3c1ccc(C(C)(C)C)cc1)[Hf]21[C]2(C(C)=CC3=C2C=CC=CC3c2ccc(C(C)(C)C)cc2)[SiH](C)[C]12C(C)=CC1=C2C=CC=CC1c1ccc(C(C)(C)C)cc1. The van der Waals surface area contributed by atoms with Crippen molar-refractivity contribution in [2.24, 2.45) is 0 Å². The van der Waals surface area contributed by atoms with Crippen LogP contribution in [0.1, 0.15) is 179 Å². The van der Waals surface area contributed by atoms with E-state index < -0.39 is 37.6 Å². The molecule has 4 aromatic carbocycles. The third-order valence-electron chi connectivity index (χ3n) is 24.5. The third kappa shape index (κ3) is 7.89. The van der Waals surface area contributed by atoms with Crippen molar-refractivity contribution in [1.82, 2.24) is 0 Å². The molecule has 3 heteroatoms. The predicted octanol–water partition coefficient (Wildman–Crippen LogP) is 22.5. The average Bonchev–Trinajstić information content (AvgIpc) is 1.55. The summed E-state index contributed by atoms with van der Waals surface area (Å²) in [7, 11) is -4.23. The average molecular weight is 1360 g/mol. The first-order valence-corrected chi connectivity index (χ1v) is 45.5. The van der Waals surface area contributed by atoms with Crippen molar-refractivity contribution in [2.45, 2.75) is 180 Å². The van der Waals surface area contributed by atoms with E-state index >= 15 is 0 Å². The summed E-state index contributed by atoms with van der Waals surface area (Å²) >= 11 is -5.20. The van der Waals surface area contributed by atoms with Crippen LogP contribution in [0.3, 0.4) is 0 Å². The van der Waals surface area contributed by atoms with Crippen LogP contribution in [0.2, 0.25) is 24.3 Å². The number of benzene rings is 4. The molecule has 10 aliphatic rings. The van der Waals surface area contributed by atoms with Gasteiger partial charge in [0, 0.05) is 0 Å². The molecule has 89 heavy (non-hydrogen) atoms. The number of rotatable bonds is 4. The molecule has 8 atom stereocenters. The molecule has 2 fully saturated rings. The zero-order valence-electron chi connectivity index (χ0n) is 56.7. The van der Waals surface area contributed by atoms with Gasteiger partial charge in [0.1, 0.15) is 0 Å². The second-order valence-electron chi connectivity index (χ2n) is 32.6. The Kier molecular flexibility index (Phi) is 14.0. The first-order valence-electron chi connectivity index (χ1n) is 33.7. The van der Waals surface area contributed by atoms with E-state index in [2.05, 4.69) is 342 Å². The first-order chi connectivity index (χ1) is 42.1. The fraction of sp³-hybridized carbons (Fsp3) is 0.349. The fourth-order valence-corrected chi connectivity index (χ4v) is 121.